The molecule has 0 bridgehead atoms. The Bertz CT molecular complexity index is 48.6. The summed E-state index contributed by atoms with van der Waals surface area (Å²) >= 11 is 16.5. The smallest absolute Gasteiger partial charge is 0.126 e. The number of rotatable bonds is 2. The highest BCUT2D eigenvalue weighted by atomic mass is 35.8. The standard InChI is InChI=1S/C3H7Cl3Si/c1-2-3-7(4,5)6/h2-3H2,1H3. The molecule has 0 unspecified atom stereocenters. The van der Waals surface area contributed by atoms with Gasteiger partial charge in [0.25, 0.3) is 0 Å². The molecule has 44 valence electrons. The van der Waals surface area contributed by atoms with Gasteiger partial charge in [0.05, 0.1) is 0 Å². The van der Waals surface area contributed by atoms with E-state index < -0.39 is 6.00 Å². The molecule has 0 aliphatic carbocycles. The van der Waals surface area contributed by atoms with Gasteiger partial charge in [-0.15, -0.1) is 33.2 Å². The average Bonchev–Trinajstić information content (AvgIpc) is 1.30. The maximum atomic E-state index is 5.50. The summed E-state index contributed by atoms with van der Waals surface area (Å²) in [6, 6.07) is -1.47. The Kier molecular flexibility index (Phi) is 3.67. The normalized spacial score (nSPS) is 12.0. The van der Waals surface area contributed by atoms with Crippen molar-refractivity contribution in [2.24, 2.45) is 0 Å². The molecule has 0 rings (SSSR count). The van der Waals surface area contributed by atoms with Gasteiger partial charge in [-0.3, -0.25) is 0 Å². The van der Waals surface area contributed by atoms with Crippen LogP contribution in [0.4, 0.5) is 0 Å². The van der Waals surface area contributed by atoms with Gasteiger partial charge in [0.2, 0.25) is 0 Å². The van der Waals surface area contributed by atoms with Crippen LogP contribution in [0.2, 0.25) is 6.04 Å². The van der Waals surface area contributed by atoms with Crippen LogP contribution in [0.15, 0.2) is 0 Å². The molecular weight excluding hydrogens is 170 g/mol. The highest BCUT2D eigenvalue weighted by molar-refractivity contribution is 7.64. The van der Waals surface area contributed by atoms with E-state index in [1.807, 2.05) is 6.92 Å². The minimum atomic E-state index is -2.24. The zero-order valence-electron chi connectivity index (χ0n) is 4.05. The Hall–Kier alpha value is 1.09. The molecule has 0 saturated heterocycles. The van der Waals surface area contributed by atoms with Crippen molar-refractivity contribution in [2.45, 2.75) is 19.4 Å². The first-order valence-corrected chi connectivity index (χ1v) is 7.37. The first-order chi connectivity index (χ1) is 3.06. The van der Waals surface area contributed by atoms with Gasteiger partial charge in [0, 0.05) is 0 Å². The van der Waals surface area contributed by atoms with E-state index in [-0.39, 0.29) is 0 Å². The second kappa shape index (κ2) is 3.18. The molecule has 0 atom stereocenters. The predicted molar refractivity (Wildman–Crippen MR) is 38.4 cm³/mol. The summed E-state index contributed by atoms with van der Waals surface area (Å²) < 4.78 is 0. The Morgan fingerprint density at radius 3 is 1.71 bits per heavy atom. The molecule has 0 amide bonds. The van der Waals surface area contributed by atoms with Crippen LogP contribution in [0.5, 0.6) is 0 Å². The fourth-order valence-electron chi connectivity index (χ4n) is 0.283. The molecule has 0 aromatic rings. The third kappa shape index (κ3) is 7.09. The molecule has 0 nitrogen and oxygen atoms in total. The van der Waals surface area contributed by atoms with Crippen molar-refractivity contribution < 1.29 is 0 Å². The van der Waals surface area contributed by atoms with Crippen LogP contribution in [0.3, 0.4) is 0 Å². The van der Waals surface area contributed by atoms with E-state index in [0.29, 0.717) is 0 Å². The van der Waals surface area contributed by atoms with E-state index in [1.54, 1.807) is 0 Å². The average molecular weight is 178 g/mol. The zero-order chi connectivity index (χ0) is 5.91. The lowest BCUT2D eigenvalue weighted by molar-refractivity contribution is 1.07. The topological polar surface area (TPSA) is 0 Å². The van der Waals surface area contributed by atoms with Gasteiger partial charge in [-0.1, -0.05) is 13.3 Å². The molecule has 0 aliphatic heterocycles. The lowest BCUT2D eigenvalue weighted by Crippen LogP contribution is -2.06. The number of hydrogen-bond acceptors (Lipinski definition) is 0. The molecule has 0 spiro atoms. The van der Waals surface area contributed by atoms with Crippen LogP contribution >= 0.6 is 33.2 Å². The Morgan fingerprint density at radius 2 is 1.71 bits per heavy atom. The van der Waals surface area contributed by atoms with Crippen molar-refractivity contribution in [3.8, 4) is 0 Å². The molecule has 0 heterocycles. The SMILES string of the molecule is CCC[Si](Cl)(Cl)Cl. The Morgan fingerprint density at radius 1 is 1.29 bits per heavy atom. The van der Waals surface area contributed by atoms with Crippen LogP contribution < -0.4 is 0 Å². The van der Waals surface area contributed by atoms with E-state index in [4.69, 9.17) is 33.2 Å². The summed E-state index contributed by atoms with van der Waals surface area (Å²) in [5.41, 5.74) is 0. The summed E-state index contributed by atoms with van der Waals surface area (Å²) in [5, 5.41) is 0. The summed E-state index contributed by atoms with van der Waals surface area (Å²) in [4.78, 5) is 0. The van der Waals surface area contributed by atoms with Crippen molar-refractivity contribution in [3.63, 3.8) is 0 Å². The van der Waals surface area contributed by atoms with Gasteiger partial charge >= 0.3 is 6.00 Å². The molecule has 4 heteroatoms. The maximum absolute atomic E-state index is 5.50. The van der Waals surface area contributed by atoms with Crippen LogP contribution in [0.1, 0.15) is 13.3 Å². The van der Waals surface area contributed by atoms with E-state index in [1.165, 1.54) is 0 Å². The maximum Gasteiger partial charge on any atom is 0.341 e. The third-order valence-electron chi connectivity index (χ3n) is 0.533. The lowest BCUT2D eigenvalue weighted by Gasteiger charge is -2.01. The first kappa shape index (κ1) is 8.09. The molecule has 0 aliphatic rings. The third-order valence-corrected chi connectivity index (χ3v) is 3.30. The van der Waals surface area contributed by atoms with E-state index in [9.17, 15) is 0 Å². The van der Waals surface area contributed by atoms with E-state index in [0.717, 1.165) is 12.5 Å². The van der Waals surface area contributed by atoms with Crippen molar-refractivity contribution >= 4 is 39.2 Å². The molecule has 0 aromatic heterocycles. The highest BCUT2D eigenvalue weighted by Crippen LogP contribution is 2.25. The second-order valence-corrected chi connectivity index (χ2v) is 10.6. The number of halogens is 3. The van der Waals surface area contributed by atoms with Gasteiger partial charge < -0.3 is 0 Å². The highest BCUT2D eigenvalue weighted by Gasteiger charge is 2.22. The first-order valence-electron chi connectivity index (χ1n) is 2.13. The lowest BCUT2D eigenvalue weighted by atomic mass is 10.6. The number of hydrogen-bond donors (Lipinski definition) is 0. The van der Waals surface area contributed by atoms with Gasteiger partial charge in [-0.05, 0) is 6.04 Å². The fourth-order valence-corrected chi connectivity index (χ4v) is 2.55. The quantitative estimate of drug-likeness (QED) is 0.449. The molecule has 0 saturated carbocycles. The summed E-state index contributed by atoms with van der Waals surface area (Å²) in [6.45, 7) is 2.01. The van der Waals surface area contributed by atoms with Gasteiger partial charge in [0.15, 0.2) is 0 Å². The summed E-state index contributed by atoms with van der Waals surface area (Å²) in [7, 11) is 0. The second-order valence-electron chi connectivity index (χ2n) is 1.37. The van der Waals surface area contributed by atoms with Crippen LogP contribution in [-0.4, -0.2) is 6.00 Å². The van der Waals surface area contributed by atoms with Crippen LogP contribution in [0, 0.1) is 0 Å². The summed E-state index contributed by atoms with van der Waals surface area (Å²) in [5.74, 6) is 0. The Labute approximate surface area is 58.9 Å². The molecule has 0 radical (unpaired) electrons. The minimum absolute atomic E-state index is 0.775. The van der Waals surface area contributed by atoms with E-state index >= 15 is 0 Å². The van der Waals surface area contributed by atoms with Crippen molar-refractivity contribution in [2.75, 3.05) is 0 Å². The van der Waals surface area contributed by atoms with Crippen molar-refractivity contribution in [1.29, 1.82) is 0 Å². The van der Waals surface area contributed by atoms with E-state index in [2.05, 4.69) is 0 Å². The summed E-state index contributed by atoms with van der Waals surface area (Å²) in [6.07, 6.45) is 0.975. The molecule has 0 aromatic carbocycles. The monoisotopic (exact) mass is 176 g/mol. The molecule has 0 N–H and O–H groups in total. The van der Waals surface area contributed by atoms with Crippen LogP contribution in [-0.2, 0) is 0 Å². The minimum Gasteiger partial charge on any atom is -0.126 e. The van der Waals surface area contributed by atoms with Gasteiger partial charge in [-0.2, -0.15) is 0 Å². The Balaban J connectivity index is 3.15. The zero-order valence-corrected chi connectivity index (χ0v) is 7.32. The van der Waals surface area contributed by atoms with Gasteiger partial charge in [-0.25, -0.2) is 0 Å². The van der Waals surface area contributed by atoms with Crippen molar-refractivity contribution in [3.05, 3.63) is 0 Å². The fraction of sp³-hybridized carbons (Fsp3) is 1.00. The predicted octanol–water partition coefficient (Wildman–Crippen LogP) is 3.05. The molecular formula is C3H7Cl3Si. The molecule has 7 heavy (non-hydrogen) atoms. The van der Waals surface area contributed by atoms with Crippen molar-refractivity contribution in [1.82, 2.24) is 0 Å². The largest absolute Gasteiger partial charge is 0.341 e. The van der Waals surface area contributed by atoms with Gasteiger partial charge in [0.1, 0.15) is 0 Å². The van der Waals surface area contributed by atoms with Crippen LogP contribution in [0.25, 0.3) is 0 Å². The molecule has 0 fully saturated rings.